The van der Waals surface area contributed by atoms with E-state index in [0.717, 1.165) is 42.1 Å². The summed E-state index contributed by atoms with van der Waals surface area (Å²) in [5.74, 6) is 1.55. The van der Waals surface area contributed by atoms with Gasteiger partial charge >= 0.3 is 6.03 Å². The maximum atomic E-state index is 12.3. The molecule has 29 heavy (non-hydrogen) atoms. The summed E-state index contributed by atoms with van der Waals surface area (Å²) in [6.45, 7) is 6.49. The molecule has 0 aromatic heterocycles. The summed E-state index contributed by atoms with van der Waals surface area (Å²) in [4.78, 5) is 20.8. The fourth-order valence-electron chi connectivity index (χ4n) is 4.62. The van der Waals surface area contributed by atoms with Gasteiger partial charge in [0.25, 0.3) is 0 Å². The lowest BCUT2D eigenvalue weighted by Crippen LogP contribution is -2.58. The molecule has 0 saturated carbocycles. The Labute approximate surface area is 180 Å². The van der Waals surface area contributed by atoms with Crippen molar-refractivity contribution < 1.29 is 4.79 Å². The van der Waals surface area contributed by atoms with Crippen molar-refractivity contribution in [1.29, 1.82) is 0 Å². The van der Waals surface area contributed by atoms with Crippen molar-refractivity contribution in [1.82, 2.24) is 20.0 Å². The highest BCUT2D eigenvalue weighted by Gasteiger charge is 2.40. The van der Waals surface area contributed by atoms with Crippen molar-refractivity contribution in [2.24, 2.45) is 11.8 Å². The third kappa shape index (κ3) is 6.60. The zero-order valence-corrected chi connectivity index (χ0v) is 19.2. The lowest BCUT2D eigenvalue weighted by atomic mass is 9.75. The zero-order valence-electron chi connectivity index (χ0n) is 18.4. The molecule has 2 N–H and O–H groups in total. The van der Waals surface area contributed by atoms with Crippen LogP contribution in [0.4, 0.5) is 10.5 Å². The Kier molecular flexibility index (Phi) is 8.24. The Morgan fingerprint density at radius 2 is 2.10 bits per heavy atom. The van der Waals surface area contributed by atoms with Gasteiger partial charge in [-0.1, -0.05) is 6.07 Å². The van der Waals surface area contributed by atoms with E-state index in [2.05, 4.69) is 46.5 Å². The summed E-state index contributed by atoms with van der Waals surface area (Å²) in [6.07, 6.45) is 4.55. The minimum Gasteiger partial charge on any atom is -0.336 e. The molecule has 3 fully saturated rings. The number of nitrogens with zero attached hydrogens (tertiary/aromatic N) is 3. The monoisotopic (exact) mass is 419 g/mol. The van der Waals surface area contributed by atoms with E-state index in [4.69, 9.17) is 0 Å². The molecule has 2 bridgehead atoms. The van der Waals surface area contributed by atoms with Gasteiger partial charge < -0.3 is 20.4 Å². The van der Waals surface area contributed by atoms with Gasteiger partial charge in [-0.15, -0.1) is 11.8 Å². The number of amides is 2. The molecule has 3 aliphatic rings. The minimum absolute atomic E-state index is 0.106. The molecule has 3 saturated heterocycles. The van der Waals surface area contributed by atoms with E-state index in [1.807, 2.05) is 30.5 Å². The van der Waals surface area contributed by atoms with Gasteiger partial charge in [-0.25, -0.2) is 4.79 Å². The predicted octanol–water partition coefficient (Wildman–Crippen LogP) is 2.73. The lowest BCUT2D eigenvalue weighted by Gasteiger charge is -2.50. The maximum Gasteiger partial charge on any atom is 0.319 e. The fraction of sp³-hybridized carbons (Fsp3) is 0.682. The average Bonchev–Trinajstić information content (AvgIpc) is 2.71. The maximum absolute atomic E-state index is 12.3. The molecule has 0 radical (unpaired) electrons. The molecule has 4 atom stereocenters. The van der Waals surface area contributed by atoms with Gasteiger partial charge in [0.2, 0.25) is 0 Å². The van der Waals surface area contributed by atoms with E-state index < -0.39 is 0 Å². The summed E-state index contributed by atoms with van der Waals surface area (Å²) in [6, 6.07) is 8.33. The van der Waals surface area contributed by atoms with Crippen LogP contribution >= 0.6 is 11.8 Å². The van der Waals surface area contributed by atoms with Crippen molar-refractivity contribution >= 4 is 23.5 Å². The van der Waals surface area contributed by atoms with E-state index >= 15 is 0 Å². The standard InChI is InChI=1S/C22H37N5OS/c1-25(2)10-11-26(3)15-18-16-27-9-8-17(18)12-20(27)14-23-22(28)24-19-6-5-7-21(13-19)29-4/h5-7,13,17-18,20H,8-12,14-16H2,1-4H3,(H2,23,24,28)/t17-,18+,20+/m0/s1. The molecule has 7 heteroatoms. The van der Waals surface area contributed by atoms with E-state index in [9.17, 15) is 4.79 Å². The SMILES string of the molecule is CSc1cccc(NC(=O)NC[C@H]2C[C@@H]3CCN2C[C@H]3CN(C)CCN(C)C)c1. The second kappa shape index (κ2) is 10.7. The fourth-order valence-corrected chi connectivity index (χ4v) is 5.08. The van der Waals surface area contributed by atoms with Gasteiger partial charge in [-0.3, -0.25) is 4.90 Å². The molecule has 2 amide bonds. The first-order valence-corrected chi connectivity index (χ1v) is 11.9. The van der Waals surface area contributed by atoms with Crippen LogP contribution in [0.3, 0.4) is 0 Å². The van der Waals surface area contributed by atoms with Gasteiger partial charge in [0.1, 0.15) is 0 Å². The number of rotatable bonds is 9. The summed E-state index contributed by atoms with van der Waals surface area (Å²) >= 11 is 1.68. The molecule has 1 unspecified atom stereocenters. The van der Waals surface area contributed by atoms with E-state index in [1.165, 1.54) is 32.5 Å². The zero-order chi connectivity index (χ0) is 20.8. The molecule has 162 valence electrons. The molecule has 3 heterocycles. The molecule has 3 aliphatic heterocycles. The number of thioether (sulfide) groups is 1. The quantitative estimate of drug-likeness (QED) is 0.603. The second-order valence-electron chi connectivity index (χ2n) is 8.83. The Hall–Kier alpha value is -1.28. The smallest absolute Gasteiger partial charge is 0.319 e. The molecule has 6 nitrogen and oxygen atoms in total. The van der Waals surface area contributed by atoms with Crippen molar-refractivity contribution in [3.8, 4) is 0 Å². The van der Waals surface area contributed by atoms with Gasteiger partial charge in [-0.05, 0) is 76.8 Å². The summed E-state index contributed by atoms with van der Waals surface area (Å²) in [5.41, 5.74) is 0.848. The predicted molar refractivity (Wildman–Crippen MR) is 123 cm³/mol. The Balaban J connectivity index is 1.42. The highest BCUT2D eigenvalue weighted by molar-refractivity contribution is 7.98. The van der Waals surface area contributed by atoms with E-state index in [0.29, 0.717) is 6.04 Å². The first-order chi connectivity index (χ1) is 13.9. The Bertz CT molecular complexity index is 670. The number of carbonyl (C=O) groups is 1. The number of hydrogen-bond donors (Lipinski definition) is 2. The van der Waals surface area contributed by atoms with Crippen LogP contribution in [0.25, 0.3) is 0 Å². The van der Waals surface area contributed by atoms with Crippen LogP contribution in [-0.4, -0.2) is 93.4 Å². The third-order valence-corrected chi connectivity index (χ3v) is 7.04. The number of benzene rings is 1. The summed E-state index contributed by atoms with van der Waals surface area (Å²) < 4.78 is 0. The van der Waals surface area contributed by atoms with Crippen LogP contribution in [0, 0.1) is 11.8 Å². The van der Waals surface area contributed by atoms with Crippen LogP contribution in [0.5, 0.6) is 0 Å². The molecule has 1 aromatic rings. The Morgan fingerprint density at radius 1 is 1.28 bits per heavy atom. The van der Waals surface area contributed by atoms with Gasteiger partial charge in [0.15, 0.2) is 0 Å². The number of piperidine rings is 3. The van der Waals surface area contributed by atoms with Crippen molar-refractivity contribution in [3.05, 3.63) is 24.3 Å². The molecule has 0 aliphatic carbocycles. The number of hydrogen-bond acceptors (Lipinski definition) is 5. The summed E-state index contributed by atoms with van der Waals surface area (Å²) in [5, 5.41) is 6.06. The number of carbonyl (C=O) groups excluding carboxylic acids is 1. The van der Waals surface area contributed by atoms with Gasteiger partial charge in [0.05, 0.1) is 0 Å². The molecular formula is C22H37N5OS. The van der Waals surface area contributed by atoms with Crippen LogP contribution in [0.1, 0.15) is 12.8 Å². The summed E-state index contributed by atoms with van der Waals surface area (Å²) in [7, 11) is 6.52. The largest absolute Gasteiger partial charge is 0.336 e. The average molecular weight is 420 g/mol. The Morgan fingerprint density at radius 3 is 2.79 bits per heavy atom. The molecule has 4 rings (SSSR count). The van der Waals surface area contributed by atoms with Crippen molar-refractivity contribution in [3.63, 3.8) is 0 Å². The van der Waals surface area contributed by atoms with Crippen LogP contribution in [0.15, 0.2) is 29.2 Å². The molecule has 1 aromatic carbocycles. The van der Waals surface area contributed by atoms with Crippen LogP contribution in [-0.2, 0) is 0 Å². The third-order valence-electron chi connectivity index (χ3n) is 6.31. The van der Waals surface area contributed by atoms with Crippen LogP contribution in [0.2, 0.25) is 0 Å². The highest BCUT2D eigenvalue weighted by atomic mass is 32.2. The molecular weight excluding hydrogens is 382 g/mol. The second-order valence-corrected chi connectivity index (χ2v) is 9.71. The minimum atomic E-state index is -0.106. The first kappa shape index (κ1) is 22.4. The van der Waals surface area contributed by atoms with Gasteiger partial charge in [-0.2, -0.15) is 0 Å². The lowest BCUT2D eigenvalue weighted by molar-refractivity contribution is -0.00849. The topological polar surface area (TPSA) is 50.9 Å². The number of fused-ring (bicyclic) bond motifs is 3. The van der Waals surface area contributed by atoms with Crippen LogP contribution < -0.4 is 10.6 Å². The van der Waals surface area contributed by atoms with E-state index in [-0.39, 0.29) is 6.03 Å². The van der Waals surface area contributed by atoms with E-state index in [1.54, 1.807) is 11.8 Å². The van der Waals surface area contributed by atoms with Gasteiger partial charge in [0, 0.05) is 49.3 Å². The van der Waals surface area contributed by atoms with Crippen molar-refractivity contribution in [2.45, 2.75) is 23.8 Å². The first-order valence-electron chi connectivity index (χ1n) is 10.7. The molecule has 0 spiro atoms. The number of anilines is 1. The highest BCUT2D eigenvalue weighted by Crippen LogP contribution is 2.36. The number of likely N-dealkylation sites (N-methyl/N-ethyl adjacent to an activating group) is 2. The van der Waals surface area contributed by atoms with Crippen molar-refractivity contribution in [2.75, 3.05) is 72.0 Å². The number of urea groups is 1. The normalized spacial score (nSPS) is 26.1. The number of nitrogens with one attached hydrogen (secondary N) is 2.